The summed E-state index contributed by atoms with van der Waals surface area (Å²) in [5, 5.41) is 8.87. The Morgan fingerprint density at radius 3 is 3.06 bits per heavy atom. The van der Waals surface area contributed by atoms with Crippen molar-refractivity contribution in [1.82, 2.24) is 9.97 Å². The number of carboxylic acids is 1. The van der Waals surface area contributed by atoms with Crippen molar-refractivity contribution >= 4 is 17.0 Å². The lowest BCUT2D eigenvalue weighted by atomic mass is 10.2. The standard InChI is InChI=1S/C12H14N2O3/c1-2-5-17-7-11-13-9-4-3-8(12(15)16)6-10(9)14-11/h3-4,6H,2,5,7H2,1H3,(H,13,14)(H,15,16). The smallest absolute Gasteiger partial charge is 0.335 e. The zero-order valence-electron chi connectivity index (χ0n) is 9.56. The lowest BCUT2D eigenvalue weighted by Crippen LogP contribution is -1.95. The number of fused-ring (bicyclic) bond motifs is 1. The lowest BCUT2D eigenvalue weighted by Gasteiger charge is -1.97. The summed E-state index contributed by atoms with van der Waals surface area (Å²) in [6, 6.07) is 4.81. The highest BCUT2D eigenvalue weighted by Crippen LogP contribution is 2.14. The van der Waals surface area contributed by atoms with E-state index in [0.717, 1.165) is 23.3 Å². The molecule has 17 heavy (non-hydrogen) atoms. The first-order chi connectivity index (χ1) is 8.20. The molecule has 0 saturated carbocycles. The van der Waals surface area contributed by atoms with Gasteiger partial charge < -0.3 is 14.8 Å². The Balaban J connectivity index is 2.21. The minimum atomic E-state index is -0.940. The van der Waals surface area contributed by atoms with Gasteiger partial charge in [-0.1, -0.05) is 6.92 Å². The molecule has 0 unspecified atom stereocenters. The number of aromatic carboxylic acids is 1. The summed E-state index contributed by atoms with van der Waals surface area (Å²) >= 11 is 0. The molecule has 0 bridgehead atoms. The van der Waals surface area contributed by atoms with Gasteiger partial charge in [-0.2, -0.15) is 0 Å². The van der Waals surface area contributed by atoms with Crippen molar-refractivity contribution in [2.75, 3.05) is 6.61 Å². The Hall–Kier alpha value is -1.88. The summed E-state index contributed by atoms with van der Waals surface area (Å²) in [5.74, 6) is -0.221. The van der Waals surface area contributed by atoms with E-state index in [9.17, 15) is 4.79 Å². The number of aromatic amines is 1. The van der Waals surface area contributed by atoms with Crippen LogP contribution in [0.3, 0.4) is 0 Å². The third-order valence-electron chi connectivity index (χ3n) is 2.37. The fraction of sp³-hybridized carbons (Fsp3) is 0.333. The highest BCUT2D eigenvalue weighted by molar-refractivity contribution is 5.92. The van der Waals surface area contributed by atoms with E-state index >= 15 is 0 Å². The number of hydrogen-bond donors (Lipinski definition) is 2. The van der Waals surface area contributed by atoms with Crippen molar-refractivity contribution in [3.05, 3.63) is 29.6 Å². The summed E-state index contributed by atoms with van der Waals surface area (Å²) in [6.45, 7) is 3.15. The maximum Gasteiger partial charge on any atom is 0.335 e. The number of nitrogens with one attached hydrogen (secondary N) is 1. The second-order valence-electron chi connectivity index (χ2n) is 3.77. The maximum atomic E-state index is 10.8. The number of benzene rings is 1. The predicted octanol–water partition coefficient (Wildman–Crippen LogP) is 2.19. The summed E-state index contributed by atoms with van der Waals surface area (Å²) in [6.07, 6.45) is 0.962. The van der Waals surface area contributed by atoms with Gasteiger partial charge >= 0.3 is 5.97 Å². The van der Waals surface area contributed by atoms with Crippen LogP contribution in [-0.2, 0) is 11.3 Å². The molecule has 90 valence electrons. The van der Waals surface area contributed by atoms with Gasteiger partial charge in [0.2, 0.25) is 0 Å². The average Bonchev–Trinajstić information content (AvgIpc) is 2.70. The van der Waals surface area contributed by atoms with E-state index in [0.29, 0.717) is 13.2 Å². The quantitative estimate of drug-likeness (QED) is 0.777. The molecular weight excluding hydrogens is 220 g/mol. The molecule has 0 amide bonds. The molecule has 0 aliphatic rings. The van der Waals surface area contributed by atoms with Gasteiger partial charge in [0.05, 0.1) is 16.6 Å². The number of carboxylic acid groups (broad SMARTS) is 1. The SMILES string of the molecule is CCCOCc1nc2ccc(C(=O)O)cc2[nH]1. The summed E-state index contributed by atoms with van der Waals surface area (Å²) in [4.78, 5) is 18.2. The van der Waals surface area contributed by atoms with E-state index in [2.05, 4.69) is 9.97 Å². The van der Waals surface area contributed by atoms with Crippen molar-refractivity contribution in [3.8, 4) is 0 Å². The Kier molecular flexibility index (Phi) is 3.39. The zero-order chi connectivity index (χ0) is 12.3. The van der Waals surface area contributed by atoms with Crippen LogP contribution in [0.5, 0.6) is 0 Å². The molecule has 0 aliphatic heterocycles. The van der Waals surface area contributed by atoms with Crippen LogP contribution in [0.15, 0.2) is 18.2 Å². The van der Waals surface area contributed by atoms with E-state index in [1.54, 1.807) is 18.2 Å². The molecule has 5 heteroatoms. The van der Waals surface area contributed by atoms with Gasteiger partial charge in [0.1, 0.15) is 12.4 Å². The first-order valence-electron chi connectivity index (χ1n) is 5.50. The molecule has 0 atom stereocenters. The van der Waals surface area contributed by atoms with Crippen LogP contribution in [-0.4, -0.2) is 27.7 Å². The van der Waals surface area contributed by atoms with Crippen molar-refractivity contribution in [1.29, 1.82) is 0 Å². The van der Waals surface area contributed by atoms with Crippen LogP contribution < -0.4 is 0 Å². The average molecular weight is 234 g/mol. The van der Waals surface area contributed by atoms with Crippen LogP contribution in [0.4, 0.5) is 0 Å². The van der Waals surface area contributed by atoms with Gasteiger partial charge in [-0.25, -0.2) is 9.78 Å². The number of imidazole rings is 1. The second-order valence-corrected chi connectivity index (χ2v) is 3.77. The minimum Gasteiger partial charge on any atom is -0.478 e. The van der Waals surface area contributed by atoms with E-state index in [4.69, 9.17) is 9.84 Å². The van der Waals surface area contributed by atoms with Crippen molar-refractivity contribution in [2.24, 2.45) is 0 Å². The van der Waals surface area contributed by atoms with Gasteiger partial charge in [0.25, 0.3) is 0 Å². The van der Waals surface area contributed by atoms with Crippen LogP contribution >= 0.6 is 0 Å². The predicted molar refractivity (Wildman–Crippen MR) is 63.0 cm³/mol. The molecule has 1 heterocycles. The number of aromatic nitrogens is 2. The second kappa shape index (κ2) is 4.97. The molecule has 1 aromatic carbocycles. The normalized spacial score (nSPS) is 10.9. The zero-order valence-corrected chi connectivity index (χ0v) is 9.56. The van der Waals surface area contributed by atoms with Gasteiger partial charge in [0.15, 0.2) is 0 Å². The molecule has 0 saturated heterocycles. The van der Waals surface area contributed by atoms with E-state index in [1.807, 2.05) is 6.92 Å². The largest absolute Gasteiger partial charge is 0.478 e. The molecule has 1 aromatic heterocycles. The first-order valence-corrected chi connectivity index (χ1v) is 5.50. The van der Waals surface area contributed by atoms with Crippen LogP contribution in [0.1, 0.15) is 29.5 Å². The fourth-order valence-corrected chi connectivity index (χ4v) is 1.58. The Morgan fingerprint density at radius 1 is 1.53 bits per heavy atom. The van der Waals surface area contributed by atoms with Gasteiger partial charge in [-0.15, -0.1) is 0 Å². The number of nitrogens with zero attached hydrogens (tertiary/aromatic N) is 1. The van der Waals surface area contributed by atoms with Crippen LogP contribution in [0.2, 0.25) is 0 Å². The number of ether oxygens (including phenoxy) is 1. The number of hydrogen-bond acceptors (Lipinski definition) is 3. The molecule has 2 N–H and O–H groups in total. The van der Waals surface area contributed by atoms with Gasteiger partial charge in [-0.3, -0.25) is 0 Å². The van der Waals surface area contributed by atoms with E-state index < -0.39 is 5.97 Å². The van der Waals surface area contributed by atoms with Crippen molar-refractivity contribution in [3.63, 3.8) is 0 Å². The Morgan fingerprint density at radius 2 is 2.35 bits per heavy atom. The highest BCUT2D eigenvalue weighted by atomic mass is 16.5. The third-order valence-corrected chi connectivity index (χ3v) is 2.37. The summed E-state index contributed by atoms with van der Waals surface area (Å²) in [5.41, 5.74) is 1.73. The van der Waals surface area contributed by atoms with Gasteiger partial charge in [-0.05, 0) is 24.6 Å². The molecule has 2 aromatic rings. The Labute approximate surface area is 98.4 Å². The number of carbonyl (C=O) groups is 1. The maximum absolute atomic E-state index is 10.8. The topological polar surface area (TPSA) is 75.2 Å². The van der Waals surface area contributed by atoms with Crippen molar-refractivity contribution in [2.45, 2.75) is 20.0 Å². The minimum absolute atomic E-state index is 0.252. The van der Waals surface area contributed by atoms with E-state index in [1.165, 1.54) is 0 Å². The summed E-state index contributed by atoms with van der Waals surface area (Å²) < 4.78 is 5.37. The number of rotatable bonds is 5. The summed E-state index contributed by atoms with van der Waals surface area (Å²) in [7, 11) is 0. The molecule has 0 aliphatic carbocycles. The van der Waals surface area contributed by atoms with E-state index in [-0.39, 0.29) is 5.56 Å². The molecule has 0 fully saturated rings. The molecule has 2 rings (SSSR count). The van der Waals surface area contributed by atoms with Crippen LogP contribution in [0, 0.1) is 0 Å². The molecule has 0 spiro atoms. The third kappa shape index (κ3) is 2.62. The first kappa shape index (κ1) is 11.6. The lowest BCUT2D eigenvalue weighted by molar-refractivity contribution is 0.0697. The van der Waals surface area contributed by atoms with Crippen LogP contribution in [0.25, 0.3) is 11.0 Å². The van der Waals surface area contributed by atoms with Gasteiger partial charge in [0, 0.05) is 6.61 Å². The number of H-pyrrole nitrogens is 1. The highest BCUT2D eigenvalue weighted by Gasteiger charge is 2.07. The monoisotopic (exact) mass is 234 g/mol. The molecule has 5 nitrogen and oxygen atoms in total. The molecular formula is C12H14N2O3. The fourth-order valence-electron chi connectivity index (χ4n) is 1.58. The Bertz CT molecular complexity index is 534. The van der Waals surface area contributed by atoms with Crippen molar-refractivity contribution < 1.29 is 14.6 Å². The molecule has 0 radical (unpaired) electrons.